The largest absolute Gasteiger partial charge is 1.00 e. The molecule has 5 N–H and O–H groups in total. The molecule has 0 saturated carbocycles. The maximum atomic E-state index is 12.5. The second kappa shape index (κ2) is 28.8. The molecule has 7 rings (SSSR count). The minimum absolute atomic E-state index is 0. The Morgan fingerprint density at radius 1 is 0.694 bits per heavy atom. The van der Waals surface area contributed by atoms with E-state index in [0.29, 0.717) is 23.7 Å². The van der Waals surface area contributed by atoms with E-state index >= 15 is 0 Å². The van der Waals surface area contributed by atoms with Crippen molar-refractivity contribution in [3.63, 3.8) is 0 Å². The van der Waals surface area contributed by atoms with Crippen molar-refractivity contribution in [2.24, 2.45) is 33.0 Å². The summed E-state index contributed by atoms with van der Waals surface area (Å²) in [6, 6.07) is 25.6. The minimum atomic E-state index is -0.181. The minimum Gasteiger partial charge on any atom is -0.662 e. The predicted molar refractivity (Wildman–Crippen MR) is 240 cm³/mol. The van der Waals surface area contributed by atoms with Crippen LogP contribution in [0.1, 0.15) is 42.4 Å². The summed E-state index contributed by atoms with van der Waals surface area (Å²) in [5.74, 6) is 1.58. The van der Waals surface area contributed by atoms with Crippen molar-refractivity contribution in [1.29, 1.82) is 0 Å². The maximum absolute atomic E-state index is 12.5. The number of piperidine rings is 2. The number of benzene rings is 2. The standard InChI is InChI=1S/C20H23ClN2O2.C12H16ClN.2C6H8N2O.CH2O3.Na/c1-22-14-17(5-6-19(22)24)13-20(25)23-9-7-15(8-10-23)11-16-3-2-4-18(21)12-16;13-12-3-1-2-11(9-12)8-10-4-6-14-7-5-10;2*1-8-4-5(7)2-3-6(8)9;2-1-4-3;/h2-6,12,14-15H,7-11,13H2,1H3;1-3,9-10,14H,4-8H2;2*2-4H,7H2,1H3;1,3H;/q;;;;;+1/p-1. The Morgan fingerprint density at radius 2 is 1.11 bits per heavy atom. The van der Waals surface area contributed by atoms with Crippen LogP contribution in [0.15, 0.2) is 118 Å². The van der Waals surface area contributed by atoms with Crippen LogP contribution in [-0.2, 0) is 54.9 Å². The molecular weight excluding hydrogens is 844 g/mol. The first-order valence-corrected chi connectivity index (χ1v) is 20.6. The fourth-order valence-corrected chi connectivity index (χ4v) is 7.17. The van der Waals surface area contributed by atoms with Gasteiger partial charge in [0.05, 0.1) is 6.42 Å². The molecule has 17 heteroatoms. The van der Waals surface area contributed by atoms with E-state index < -0.39 is 0 Å². The molecule has 14 nitrogen and oxygen atoms in total. The van der Waals surface area contributed by atoms with E-state index in [1.165, 1.54) is 75.4 Å². The van der Waals surface area contributed by atoms with Crippen LogP contribution in [0.5, 0.6) is 0 Å². The van der Waals surface area contributed by atoms with E-state index in [1.54, 1.807) is 57.9 Å². The van der Waals surface area contributed by atoms with Crippen LogP contribution in [0.4, 0.5) is 11.4 Å². The summed E-state index contributed by atoms with van der Waals surface area (Å²) in [6.07, 6.45) is 12.1. The smallest absolute Gasteiger partial charge is 0.662 e. The molecule has 2 aliphatic heterocycles. The van der Waals surface area contributed by atoms with Crippen LogP contribution < -0.4 is 68.3 Å². The Hall–Kier alpha value is -4.67. The van der Waals surface area contributed by atoms with E-state index in [-0.39, 0.29) is 58.6 Å². The second-order valence-electron chi connectivity index (χ2n) is 14.9. The zero-order valence-corrected chi connectivity index (χ0v) is 39.4. The SMILES string of the molecule is Clc1cccc(CC2CCNCC2)c1.Cn1cc(CC(=O)N2CCC(Cc3cccc(Cl)c3)CC2)ccc1=O.Cn1cc(N)ccc1=O.Cn1cc(N)ccc1=O.O=CO[O-].[Na+]. The van der Waals surface area contributed by atoms with Crippen LogP contribution in [0, 0.1) is 11.8 Å². The van der Waals surface area contributed by atoms with E-state index in [0.717, 1.165) is 53.9 Å². The van der Waals surface area contributed by atoms with Crippen molar-refractivity contribution < 1.29 is 49.3 Å². The summed E-state index contributed by atoms with van der Waals surface area (Å²) in [5.41, 5.74) is 15.3. The molecule has 0 spiro atoms. The number of amides is 1. The molecule has 0 radical (unpaired) electrons. The topological polar surface area (TPSA) is 200 Å². The number of anilines is 2. The molecule has 0 aliphatic carbocycles. The van der Waals surface area contributed by atoms with Crippen LogP contribution in [0.2, 0.25) is 10.0 Å². The normalized spacial score (nSPS) is 13.4. The zero-order valence-electron chi connectivity index (χ0n) is 35.9. The van der Waals surface area contributed by atoms with Gasteiger partial charge in [-0.2, -0.15) is 0 Å². The van der Waals surface area contributed by atoms with Crippen molar-refractivity contribution in [3.05, 3.63) is 161 Å². The number of likely N-dealkylation sites (tertiary alicyclic amines) is 1. The van der Waals surface area contributed by atoms with Crippen molar-refractivity contribution in [3.8, 4) is 0 Å². The van der Waals surface area contributed by atoms with Crippen molar-refractivity contribution in [2.45, 2.75) is 44.9 Å². The molecule has 0 atom stereocenters. The fourth-order valence-electron chi connectivity index (χ4n) is 6.74. The number of carbonyl (C=O) groups is 2. The molecule has 0 unspecified atom stereocenters. The van der Waals surface area contributed by atoms with Gasteiger partial charge >= 0.3 is 29.6 Å². The van der Waals surface area contributed by atoms with Crippen LogP contribution in [-0.4, -0.2) is 57.2 Å². The summed E-state index contributed by atoms with van der Waals surface area (Å²) in [5, 5.41) is 13.5. The summed E-state index contributed by atoms with van der Waals surface area (Å²) < 4.78 is 4.39. The van der Waals surface area contributed by atoms with Gasteiger partial charge < -0.3 is 45.5 Å². The number of nitrogens with two attached hydrogens (primary N) is 2. The van der Waals surface area contributed by atoms with Gasteiger partial charge in [-0.3, -0.25) is 24.0 Å². The maximum Gasteiger partial charge on any atom is 1.00 e. The third-order valence-electron chi connectivity index (χ3n) is 10.0. The first kappa shape index (κ1) is 53.5. The molecule has 5 aromatic rings. The Balaban J connectivity index is 0.000000301. The average molecular weight is 901 g/mol. The van der Waals surface area contributed by atoms with Crippen molar-refractivity contribution in [2.75, 3.05) is 37.6 Å². The van der Waals surface area contributed by atoms with E-state index in [2.05, 4.69) is 28.4 Å². The Labute approximate surface area is 394 Å². The quantitative estimate of drug-likeness (QED) is 0.0927. The van der Waals surface area contributed by atoms with Crippen molar-refractivity contribution >= 4 is 47.0 Å². The first-order valence-electron chi connectivity index (χ1n) is 19.9. The van der Waals surface area contributed by atoms with Gasteiger partial charge in [0.25, 0.3) is 6.47 Å². The number of aryl methyl sites for hydroxylation is 3. The monoisotopic (exact) mass is 899 g/mol. The predicted octanol–water partition coefficient (Wildman–Crippen LogP) is 1.32. The third-order valence-corrected chi connectivity index (χ3v) is 10.5. The van der Waals surface area contributed by atoms with Gasteiger partial charge in [-0.15, -0.1) is 0 Å². The van der Waals surface area contributed by atoms with E-state index in [4.69, 9.17) is 44.7 Å². The Kier molecular flexibility index (Phi) is 24.9. The summed E-state index contributed by atoms with van der Waals surface area (Å²) in [4.78, 5) is 58.5. The number of nitrogens with one attached hydrogen (secondary N) is 1. The fraction of sp³-hybridized carbons (Fsp3) is 0.356. The molecular formula is C45H56Cl2N7NaO7. The van der Waals surface area contributed by atoms with Gasteiger partial charge in [0, 0.05) is 92.4 Å². The second-order valence-corrected chi connectivity index (χ2v) is 15.7. The molecule has 2 fully saturated rings. The average Bonchev–Trinajstić information content (AvgIpc) is 3.24. The molecule has 2 saturated heterocycles. The zero-order chi connectivity index (χ0) is 44.7. The van der Waals surface area contributed by atoms with Gasteiger partial charge in [-0.25, -0.2) is 0 Å². The van der Waals surface area contributed by atoms with Gasteiger partial charge in [0.15, 0.2) is 0 Å². The Bertz CT molecular complexity index is 2250. The van der Waals surface area contributed by atoms with E-state index in [1.807, 2.05) is 35.2 Å². The van der Waals surface area contributed by atoms with Gasteiger partial charge in [0.1, 0.15) is 0 Å². The number of hydrogen-bond acceptors (Lipinski definition) is 10. The molecule has 328 valence electrons. The number of nitrogen functional groups attached to an aromatic ring is 2. The number of nitrogens with zero attached hydrogens (tertiary/aromatic N) is 4. The Morgan fingerprint density at radius 3 is 1.50 bits per heavy atom. The van der Waals surface area contributed by atoms with Crippen LogP contribution in [0.25, 0.3) is 0 Å². The van der Waals surface area contributed by atoms with E-state index in [9.17, 15) is 19.2 Å². The molecule has 0 bridgehead atoms. The molecule has 62 heavy (non-hydrogen) atoms. The number of carbonyl (C=O) groups excluding carboxylic acids is 2. The number of rotatable bonds is 7. The number of pyridine rings is 3. The van der Waals surface area contributed by atoms with Gasteiger partial charge in [0.2, 0.25) is 22.6 Å². The van der Waals surface area contributed by atoms with Crippen LogP contribution >= 0.6 is 23.2 Å². The summed E-state index contributed by atoms with van der Waals surface area (Å²) in [7, 11) is 5.04. The van der Waals surface area contributed by atoms with Crippen LogP contribution in [0.3, 0.4) is 0 Å². The molecule has 5 heterocycles. The van der Waals surface area contributed by atoms with Crippen molar-refractivity contribution in [1.82, 2.24) is 23.9 Å². The van der Waals surface area contributed by atoms with Gasteiger partial charge in [-0.05, 0) is 117 Å². The molecule has 3 aromatic heterocycles. The van der Waals surface area contributed by atoms with Gasteiger partial charge in [-0.1, -0.05) is 53.5 Å². The third kappa shape index (κ3) is 20.5. The number of hydrogen-bond donors (Lipinski definition) is 3. The first-order chi connectivity index (χ1) is 29.2. The summed E-state index contributed by atoms with van der Waals surface area (Å²) >= 11 is 12.0. The molecule has 2 aromatic carbocycles. The number of aromatic nitrogens is 3. The summed E-state index contributed by atoms with van der Waals surface area (Å²) in [6.45, 7) is 3.77. The molecule has 1 amide bonds. The molecule has 2 aliphatic rings. The number of halogens is 2.